The third-order valence-electron chi connectivity index (χ3n) is 5.40. The molecule has 2 aromatic carbocycles. The second-order valence-electron chi connectivity index (χ2n) is 7.64. The van der Waals surface area contributed by atoms with Crippen LogP contribution in [-0.2, 0) is 6.54 Å². The summed E-state index contributed by atoms with van der Waals surface area (Å²) in [4.78, 5) is 25.3. The van der Waals surface area contributed by atoms with Crippen LogP contribution < -0.4 is 21.3 Å². The number of aromatic nitrogens is 2. The summed E-state index contributed by atoms with van der Waals surface area (Å²) in [7, 11) is 2.14. The Balaban J connectivity index is 1.38. The van der Waals surface area contributed by atoms with Gasteiger partial charge in [-0.05, 0) is 36.4 Å². The van der Waals surface area contributed by atoms with Gasteiger partial charge in [-0.3, -0.25) is 0 Å². The summed E-state index contributed by atoms with van der Waals surface area (Å²) in [5, 5.41) is 5.88. The lowest BCUT2D eigenvalue weighted by molar-refractivity contribution is 0.251. The Labute approximate surface area is 182 Å². The first-order valence-electron chi connectivity index (χ1n) is 10.3. The van der Waals surface area contributed by atoms with Crippen LogP contribution in [0.5, 0.6) is 0 Å². The van der Waals surface area contributed by atoms with E-state index in [1.54, 1.807) is 12.4 Å². The monoisotopic (exact) mass is 417 g/mol. The van der Waals surface area contributed by atoms with Gasteiger partial charge in [-0.1, -0.05) is 30.3 Å². The van der Waals surface area contributed by atoms with Gasteiger partial charge in [0.25, 0.3) is 0 Å². The Morgan fingerprint density at radius 2 is 1.74 bits per heavy atom. The molecule has 8 heteroatoms. The van der Waals surface area contributed by atoms with E-state index >= 15 is 0 Å². The molecule has 31 heavy (non-hydrogen) atoms. The summed E-state index contributed by atoms with van der Waals surface area (Å²) in [6, 6.07) is 15.5. The number of carbonyl (C=O) groups excluding carboxylic acids is 1. The van der Waals surface area contributed by atoms with Crippen molar-refractivity contribution in [3.05, 3.63) is 66.5 Å². The topological polar surface area (TPSA) is 99.4 Å². The maximum atomic E-state index is 12.5. The number of nitrogens with zero attached hydrogens (tertiary/aromatic N) is 4. The van der Waals surface area contributed by atoms with Gasteiger partial charge >= 0.3 is 6.03 Å². The molecule has 0 saturated carbocycles. The minimum atomic E-state index is -0.251. The maximum Gasteiger partial charge on any atom is 0.319 e. The van der Waals surface area contributed by atoms with E-state index in [0.717, 1.165) is 42.9 Å². The number of nitrogens with two attached hydrogens (primary N) is 1. The van der Waals surface area contributed by atoms with Crippen molar-refractivity contribution in [2.75, 3.05) is 49.2 Å². The summed E-state index contributed by atoms with van der Waals surface area (Å²) in [6.07, 6.45) is 3.33. The molecule has 4 N–H and O–H groups in total. The molecule has 2 heterocycles. The fraction of sp³-hybridized carbons (Fsp3) is 0.261. The van der Waals surface area contributed by atoms with Gasteiger partial charge < -0.3 is 26.2 Å². The van der Waals surface area contributed by atoms with Crippen LogP contribution in [0.25, 0.3) is 11.1 Å². The Hall–Kier alpha value is -3.65. The van der Waals surface area contributed by atoms with Crippen molar-refractivity contribution in [1.29, 1.82) is 0 Å². The van der Waals surface area contributed by atoms with Crippen LogP contribution in [0.1, 0.15) is 5.56 Å². The molecule has 0 radical (unpaired) electrons. The van der Waals surface area contributed by atoms with E-state index in [-0.39, 0.29) is 12.0 Å². The van der Waals surface area contributed by atoms with Crippen molar-refractivity contribution in [1.82, 2.24) is 20.2 Å². The van der Waals surface area contributed by atoms with Crippen molar-refractivity contribution < 1.29 is 4.79 Å². The van der Waals surface area contributed by atoms with Gasteiger partial charge in [-0.15, -0.1) is 0 Å². The first-order valence-corrected chi connectivity index (χ1v) is 10.3. The molecule has 1 fully saturated rings. The first-order chi connectivity index (χ1) is 15.1. The third-order valence-corrected chi connectivity index (χ3v) is 5.40. The molecule has 8 nitrogen and oxygen atoms in total. The number of benzene rings is 2. The van der Waals surface area contributed by atoms with E-state index in [9.17, 15) is 4.79 Å². The van der Waals surface area contributed by atoms with E-state index in [0.29, 0.717) is 12.2 Å². The van der Waals surface area contributed by atoms with Crippen molar-refractivity contribution in [3.63, 3.8) is 0 Å². The van der Waals surface area contributed by atoms with Gasteiger partial charge in [0.05, 0.1) is 0 Å². The minimum Gasteiger partial charge on any atom is -0.369 e. The molecule has 0 bridgehead atoms. The van der Waals surface area contributed by atoms with Gasteiger partial charge in [0.2, 0.25) is 5.95 Å². The summed E-state index contributed by atoms with van der Waals surface area (Å²) < 4.78 is 0. The van der Waals surface area contributed by atoms with Crippen molar-refractivity contribution >= 4 is 23.4 Å². The Morgan fingerprint density at radius 1 is 1.00 bits per heavy atom. The molecular formula is C23H27N7O. The average molecular weight is 418 g/mol. The minimum absolute atomic E-state index is 0.231. The van der Waals surface area contributed by atoms with Gasteiger partial charge in [-0.2, -0.15) is 0 Å². The van der Waals surface area contributed by atoms with E-state index in [2.05, 4.69) is 49.6 Å². The molecular weight excluding hydrogens is 390 g/mol. The smallest absolute Gasteiger partial charge is 0.319 e. The summed E-state index contributed by atoms with van der Waals surface area (Å²) in [5.41, 5.74) is 10.3. The maximum absolute atomic E-state index is 12.5. The molecule has 1 aromatic heterocycles. The predicted octanol–water partition coefficient (Wildman–Crippen LogP) is 2.80. The van der Waals surface area contributed by atoms with Gasteiger partial charge in [0.1, 0.15) is 0 Å². The van der Waals surface area contributed by atoms with Crippen LogP contribution in [-0.4, -0.2) is 54.1 Å². The van der Waals surface area contributed by atoms with Crippen LogP contribution in [0.3, 0.4) is 0 Å². The zero-order valence-electron chi connectivity index (χ0n) is 17.6. The van der Waals surface area contributed by atoms with Crippen LogP contribution in [0, 0.1) is 0 Å². The average Bonchev–Trinajstić information content (AvgIpc) is 2.79. The quantitative estimate of drug-likeness (QED) is 0.590. The molecule has 2 amide bonds. The number of carbonyl (C=O) groups is 1. The zero-order valence-corrected chi connectivity index (χ0v) is 17.6. The van der Waals surface area contributed by atoms with E-state index in [1.165, 1.54) is 5.69 Å². The van der Waals surface area contributed by atoms with E-state index in [4.69, 9.17) is 5.73 Å². The highest BCUT2D eigenvalue weighted by atomic mass is 16.2. The lowest BCUT2D eigenvalue weighted by atomic mass is 10.1. The number of amides is 2. The number of nitrogens with one attached hydrogen (secondary N) is 2. The molecule has 4 rings (SSSR count). The van der Waals surface area contributed by atoms with Crippen LogP contribution in [0.4, 0.5) is 22.1 Å². The third kappa shape index (κ3) is 5.29. The molecule has 0 aliphatic carbocycles. The van der Waals surface area contributed by atoms with E-state index in [1.807, 2.05) is 36.4 Å². The lowest BCUT2D eigenvalue weighted by Gasteiger charge is -2.35. The van der Waals surface area contributed by atoms with Crippen LogP contribution in [0.2, 0.25) is 0 Å². The number of nitrogen functional groups attached to an aromatic ring is 1. The number of anilines is 3. The highest BCUT2D eigenvalue weighted by Gasteiger charge is 2.17. The largest absolute Gasteiger partial charge is 0.369 e. The summed E-state index contributed by atoms with van der Waals surface area (Å²) >= 11 is 0. The molecule has 0 atom stereocenters. The van der Waals surface area contributed by atoms with Crippen molar-refractivity contribution in [3.8, 4) is 11.1 Å². The number of hydrogen-bond acceptors (Lipinski definition) is 6. The molecule has 160 valence electrons. The van der Waals surface area contributed by atoms with E-state index < -0.39 is 0 Å². The first kappa shape index (κ1) is 20.6. The van der Waals surface area contributed by atoms with Gasteiger partial charge in [0, 0.05) is 62.1 Å². The summed E-state index contributed by atoms with van der Waals surface area (Å²) in [6.45, 7) is 4.51. The Bertz CT molecular complexity index is 1030. The molecule has 1 aliphatic rings. The fourth-order valence-corrected chi connectivity index (χ4v) is 3.63. The highest BCUT2D eigenvalue weighted by molar-refractivity contribution is 5.90. The molecule has 1 saturated heterocycles. The van der Waals surface area contributed by atoms with Gasteiger partial charge in [-0.25, -0.2) is 14.8 Å². The van der Waals surface area contributed by atoms with Crippen molar-refractivity contribution in [2.24, 2.45) is 0 Å². The van der Waals surface area contributed by atoms with Gasteiger partial charge in [0.15, 0.2) is 0 Å². The second kappa shape index (κ2) is 9.44. The predicted molar refractivity (Wildman–Crippen MR) is 124 cm³/mol. The zero-order chi connectivity index (χ0) is 21.6. The highest BCUT2D eigenvalue weighted by Crippen LogP contribution is 2.23. The number of likely N-dealkylation sites (N-methyl/N-ethyl adjacent to an activating group) is 1. The van der Waals surface area contributed by atoms with Crippen LogP contribution in [0.15, 0.2) is 60.9 Å². The Kier molecular flexibility index (Phi) is 6.28. The second-order valence-corrected chi connectivity index (χ2v) is 7.64. The number of hydrogen-bond donors (Lipinski definition) is 3. The molecule has 1 aliphatic heterocycles. The normalized spacial score (nSPS) is 14.3. The lowest BCUT2D eigenvalue weighted by Crippen LogP contribution is -2.45. The number of piperazine rings is 1. The number of para-hydroxylation sites is 1. The number of rotatable bonds is 5. The number of urea groups is 1. The molecule has 3 aromatic rings. The molecule has 0 spiro atoms. The van der Waals surface area contributed by atoms with Crippen LogP contribution >= 0.6 is 0 Å². The Morgan fingerprint density at radius 3 is 2.52 bits per heavy atom. The molecule has 0 unspecified atom stereocenters. The standard InChI is InChI=1S/C23H27N7O/c1-29-9-11-30(12-10-29)21-8-3-2-5-18(21)14-27-23(31)28-20-7-4-6-17(13-20)19-15-25-22(24)26-16-19/h2-8,13,15-16H,9-12,14H2,1H3,(H2,24,25,26)(H2,27,28,31). The summed E-state index contributed by atoms with van der Waals surface area (Å²) in [5.74, 6) is 0.231. The SMILES string of the molecule is CN1CCN(c2ccccc2CNC(=O)Nc2cccc(-c3cnc(N)nc3)c2)CC1. The fourth-order valence-electron chi connectivity index (χ4n) is 3.63. The van der Waals surface area contributed by atoms with Crippen molar-refractivity contribution in [2.45, 2.75) is 6.54 Å².